The number of carboxylic acid groups (broad SMARTS) is 1. The van der Waals surface area contributed by atoms with Gasteiger partial charge in [0.1, 0.15) is 0 Å². The third-order valence-electron chi connectivity index (χ3n) is 3.88. The lowest BCUT2D eigenvalue weighted by Crippen LogP contribution is -2.20. The van der Waals surface area contributed by atoms with Gasteiger partial charge in [0, 0.05) is 26.6 Å². The average molecular weight is 277 g/mol. The van der Waals surface area contributed by atoms with Gasteiger partial charge in [-0.05, 0) is 36.4 Å². The van der Waals surface area contributed by atoms with Gasteiger partial charge in [-0.25, -0.2) is 0 Å². The number of nitrogens with zero attached hydrogens (tertiary/aromatic N) is 1. The molecule has 1 aliphatic rings. The van der Waals surface area contributed by atoms with Gasteiger partial charge in [0.05, 0.1) is 6.61 Å². The molecule has 1 unspecified atom stereocenters. The third kappa shape index (κ3) is 4.62. The van der Waals surface area contributed by atoms with Crippen LogP contribution in [0.3, 0.4) is 0 Å². The molecule has 4 nitrogen and oxygen atoms in total. The van der Waals surface area contributed by atoms with Crippen LogP contribution in [-0.2, 0) is 22.7 Å². The molecule has 20 heavy (non-hydrogen) atoms. The standard InChI is InChI=1S/C16H23NO3/c1-20-12-15-4-2-13(3-5-15)10-17-9-8-14(11-17)6-7-16(18)19/h2-5,14H,6-12H2,1H3,(H,18,19). The van der Waals surface area contributed by atoms with Crippen molar-refractivity contribution in [3.63, 3.8) is 0 Å². The highest BCUT2D eigenvalue weighted by molar-refractivity contribution is 5.66. The van der Waals surface area contributed by atoms with Crippen LogP contribution in [0.25, 0.3) is 0 Å². The van der Waals surface area contributed by atoms with Crippen molar-refractivity contribution in [3.8, 4) is 0 Å². The number of carboxylic acids is 1. The highest BCUT2D eigenvalue weighted by Gasteiger charge is 2.22. The van der Waals surface area contributed by atoms with Crippen molar-refractivity contribution in [1.29, 1.82) is 0 Å². The second-order valence-corrected chi connectivity index (χ2v) is 5.57. The van der Waals surface area contributed by atoms with Crippen molar-refractivity contribution >= 4 is 5.97 Å². The molecule has 0 aliphatic carbocycles. The fraction of sp³-hybridized carbons (Fsp3) is 0.562. The molecule has 0 spiro atoms. The van der Waals surface area contributed by atoms with E-state index in [1.54, 1.807) is 7.11 Å². The maximum absolute atomic E-state index is 10.6. The summed E-state index contributed by atoms with van der Waals surface area (Å²) >= 11 is 0. The number of likely N-dealkylation sites (tertiary alicyclic amines) is 1. The van der Waals surface area contributed by atoms with Crippen LogP contribution in [0.5, 0.6) is 0 Å². The lowest BCUT2D eigenvalue weighted by molar-refractivity contribution is -0.137. The summed E-state index contributed by atoms with van der Waals surface area (Å²) in [6.07, 6.45) is 2.22. The lowest BCUT2D eigenvalue weighted by Gasteiger charge is -2.16. The summed E-state index contributed by atoms with van der Waals surface area (Å²) in [6, 6.07) is 8.52. The predicted molar refractivity (Wildman–Crippen MR) is 77.4 cm³/mol. The van der Waals surface area contributed by atoms with E-state index in [4.69, 9.17) is 9.84 Å². The van der Waals surface area contributed by atoms with Crippen molar-refractivity contribution in [3.05, 3.63) is 35.4 Å². The van der Waals surface area contributed by atoms with Gasteiger partial charge in [-0.1, -0.05) is 24.3 Å². The molecule has 1 aliphatic heterocycles. The molecule has 1 atom stereocenters. The number of carbonyl (C=O) groups is 1. The summed E-state index contributed by atoms with van der Waals surface area (Å²) in [5.74, 6) is -0.143. The quantitative estimate of drug-likeness (QED) is 0.832. The number of methoxy groups -OCH3 is 1. The first-order valence-corrected chi connectivity index (χ1v) is 7.18. The zero-order valence-electron chi connectivity index (χ0n) is 12.0. The Morgan fingerprint density at radius 3 is 2.70 bits per heavy atom. The molecule has 4 heteroatoms. The second kappa shape index (κ2) is 7.41. The van der Waals surface area contributed by atoms with Gasteiger partial charge >= 0.3 is 5.97 Å². The summed E-state index contributed by atoms with van der Waals surface area (Å²) in [5.41, 5.74) is 2.50. The maximum atomic E-state index is 10.6. The molecule has 110 valence electrons. The predicted octanol–water partition coefficient (Wildman–Crippen LogP) is 2.52. The van der Waals surface area contributed by atoms with Gasteiger partial charge in [0.2, 0.25) is 0 Å². The molecular weight excluding hydrogens is 254 g/mol. The second-order valence-electron chi connectivity index (χ2n) is 5.57. The molecule has 1 fully saturated rings. The largest absolute Gasteiger partial charge is 0.481 e. The van der Waals surface area contributed by atoms with Crippen molar-refractivity contribution in [2.24, 2.45) is 5.92 Å². The van der Waals surface area contributed by atoms with Crippen LogP contribution in [0.4, 0.5) is 0 Å². The summed E-state index contributed by atoms with van der Waals surface area (Å²) in [7, 11) is 1.70. The van der Waals surface area contributed by atoms with E-state index in [9.17, 15) is 4.79 Å². The lowest BCUT2D eigenvalue weighted by atomic mass is 10.0. The number of hydrogen-bond donors (Lipinski definition) is 1. The highest BCUT2D eigenvalue weighted by Crippen LogP contribution is 2.22. The zero-order valence-corrected chi connectivity index (χ0v) is 12.0. The van der Waals surface area contributed by atoms with Gasteiger partial charge in [0.25, 0.3) is 0 Å². The maximum Gasteiger partial charge on any atom is 0.303 e. The smallest absolute Gasteiger partial charge is 0.303 e. The first-order valence-electron chi connectivity index (χ1n) is 7.18. The van der Waals surface area contributed by atoms with E-state index in [1.807, 2.05) is 0 Å². The van der Waals surface area contributed by atoms with Crippen LogP contribution in [0.2, 0.25) is 0 Å². The van der Waals surface area contributed by atoms with E-state index in [-0.39, 0.29) is 0 Å². The molecule has 1 saturated heterocycles. The minimum Gasteiger partial charge on any atom is -0.481 e. The summed E-state index contributed by atoms with van der Waals surface area (Å²) in [6.45, 7) is 3.70. The molecule has 1 heterocycles. The summed E-state index contributed by atoms with van der Waals surface area (Å²) in [5, 5.41) is 8.72. The Bertz CT molecular complexity index is 430. The van der Waals surface area contributed by atoms with E-state index in [0.29, 0.717) is 18.9 Å². The minimum atomic E-state index is -0.683. The average Bonchev–Trinajstić information content (AvgIpc) is 2.87. The molecule has 1 aromatic carbocycles. The van der Waals surface area contributed by atoms with Crippen LogP contribution < -0.4 is 0 Å². The Labute approximate surface area is 120 Å². The van der Waals surface area contributed by atoms with Crippen LogP contribution in [-0.4, -0.2) is 36.2 Å². The molecule has 1 N–H and O–H groups in total. The van der Waals surface area contributed by atoms with Crippen molar-refractivity contribution in [2.75, 3.05) is 20.2 Å². The van der Waals surface area contributed by atoms with E-state index in [2.05, 4.69) is 29.2 Å². The number of benzene rings is 1. The Morgan fingerprint density at radius 1 is 1.35 bits per heavy atom. The van der Waals surface area contributed by atoms with Crippen LogP contribution in [0, 0.1) is 5.92 Å². The molecule has 2 rings (SSSR count). The Hall–Kier alpha value is -1.39. The first-order chi connectivity index (χ1) is 9.67. The number of ether oxygens (including phenoxy) is 1. The van der Waals surface area contributed by atoms with Gasteiger partial charge < -0.3 is 9.84 Å². The van der Waals surface area contributed by atoms with Crippen LogP contribution in [0.15, 0.2) is 24.3 Å². The van der Waals surface area contributed by atoms with Crippen LogP contribution >= 0.6 is 0 Å². The van der Waals surface area contributed by atoms with E-state index >= 15 is 0 Å². The fourth-order valence-electron chi connectivity index (χ4n) is 2.79. The Morgan fingerprint density at radius 2 is 2.05 bits per heavy atom. The topological polar surface area (TPSA) is 49.8 Å². The zero-order chi connectivity index (χ0) is 14.4. The minimum absolute atomic E-state index is 0.296. The highest BCUT2D eigenvalue weighted by atomic mass is 16.5. The molecular formula is C16H23NO3. The molecule has 0 saturated carbocycles. The molecule has 0 aromatic heterocycles. The molecule has 1 aromatic rings. The number of hydrogen-bond acceptors (Lipinski definition) is 3. The molecule has 0 bridgehead atoms. The van der Waals surface area contributed by atoms with E-state index < -0.39 is 5.97 Å². The van der Waals surface area contributed by atoms with E-state index in [0.717, 1.165) is 32.5 Å². The van der Waals surface area contributed by atoms with Gasteiger partial charge in [-0.2, -0.15) is 0 Å². The Kier molecular flexibility index (Phi) is 5.56. The Balaban J connectivity index is 1.78. The van der Waals surface area contributed by atoms with Crippen molar-refractivity contribution in [2.45, 2.75) is 32.4 Å². The van der Waals surface area contributed by atoms with Gasteiger partial charge in [-0.15, -0.1) is 0 Å². The summed E-state index contributed by atoms with van der Waals surface area (Å²) < 4.78 is 5.10. The van der Waals surface area contributed by atoms with Crippen molar-refractivity contribution < 1.29 is 14.6 Å². The van der Waals surface area contributed by atoms with Crippen molar-refractivity contribution in [1.82, 2.24) is 4.90 Å². The van der Waals surface area contributed by atoms with Gasteiger partial charge in [0.15, 0.2) is 0 Å². The normalized spacial score (nSPS) is 19.4. The van der Waals surface area contributed by atoms with E-state index in [1.165, 1.54) is 11.1 Å². The number of aliphatic carboxylic acids is 1. The monoisotopic (exact) mass is 277 g/mol. The fourth-order valence-corrected chi connectivity index (χ4v) is 2.79. The summed E-state index contributed by atoms with van der Waals surface area (Å²) in [4.78, 5) is 13.0. The first kappa shape index (κ1) is 15.0. The molecule has 0 amide bonds. The molecule has 0 radical (unpaired) electrons. The SMILES string of the molecule is COCc1ccc(CN2CCC(CCC(=O)O)C2)cc1. The number of rotatable bonds is 7. The van der Waals surface area contributed by atoms with Crippen LogP contribution in [0.1, 0.15) is 30.4 Å². The van der Waals surface area contributed by atoms with Gasteiger partial charge in [-0.3, -0.25) is 9.69 Å². The third-order valence-corrected chi connectivity index (χ3v) is 3.88.